The predicted octanol–water partition coefficient (Wildman–Crippen LogP) is 3.14. The van der Waals surface area contributed by atoms with Gasteiger partial charge in [0.1, 0.15) is 16.4 Å². The number of nitrogens with zero attached hydrogens (tertiary/aromatic N) is 2. The molecule has 8 nitrogen and oxygen atoms in total. The predicted molar refractivity (Wildman–Crippen MR) is 118 cm³/mol. The maximum Gasteiger partial charge on any atom is 0.259 e. The van der Waals surface area contributed by atoms with Crippen LogP contribution in [-0.2, 0) is 13.0 Å². The minimum atomic E-state index is -0.372. The first-order valence-electron chi connectivity index (χ1n) is 9.45. The number of nitrogens with two attached hydrogens (primary N) is 1. The van der Waals surface area contributed by atoms with E-state index < -0.39 is 0 Å². The lowest BCUT2D eigenvalue weighted by molar-refractivity contribution is 0.102. The average Bonchev–Trinajstić information content (AvgIpc) is 3.08. The number of nitrogens with one attached hydrogen (secondary N) is 1. The standard InChI is InChI=1S/C21H24N4O4S/c1-25-6-5-12-13-9-14(19(22)24-21(13)30-17(12)10-25)20(26)23-15-7-11(27-2)8-16(28-3)18(15)29-4/h7-9H,5-6,10H2,1-4H3,(H2,22,24)(H,23,26). The molecule has 2 aromatic heterocycles. The Labute approximate surface area is 178 Å². The van der Waals surface area contributed by atoms with Crippen molar-refractivity contribution in [2.24, 2.45) is 0 Å². The van der Waals surface area contributed by atoms with Gasteiger partial charge in [0.15, 0.2) is 11.5 Å². The highest BCUT2D eigenvalue weighted by Crippen LogP contribution is 2.40. The number of thiophene rings is 1. The molecule has 1 aliphatic rings. The van der Waals surface area contributed by atoms with Gasteiger partial charge in [-0.05, 0) is 25.1 Å². The summed E-state index contributed by atoms with van der Waals surface area (Å²) in [5.74, 6) is 1.20. The minimum absolute atomic E-state index is 0.195. The Morgan fingerprint density at radius 2 is 2.00 bits per heavy atom. The normalized spacial score (nSPS) is 13.7. The van der Waals surface area contributed by atoms with Crippen LogP contribution in [0.3, 0.4) is 0 Å². The lowest BCUT2D eigenvalue weighted by Crippen LogP contribution is -2.25. The van der Waals surface area contributed by atoms with Gasteiger partial charge in [0.2, 0.25) is 0 Å². The number of likely N-dealkylation sites (N-methyl/N-ethyl adjacent to an activating group) is 1. The maximum atomic E-state index is 13.1. The summed E-state index contributed by atoms with van der Waals surface area (Å²) in [4.78, 5) is 22.1. The third-order valence-electron chi connectivity index (χ3n) is 5.24. The molecular formula is C21H24N4O4S. The fraction of sp³-hybridized carbons (Fsp3) is 0.333. The summed E-state index contributed by atoms with van der Waals surface area (Å²) in [5, 5.41) is 3.86. The van der Waals surface area contributed by atoms with Crippen LogP contribution < -0.4 is 25.3 Å². The molecule has 3 N–H and O–H groups in total. The van der Waals surface area contributed by atoms with Gasteiger partial charge in [0.25, 0.3) is 5.91 Å². The number of hydrogen-bond donors (Lipinski definition) is 2. The van der Waals surface area contributed by atoms with Crippen LogP contribution in [0.2, 0.25) is 0 Å². The summed E-state index contributed by atoms with van der Waals surface area (Å²) in [5.41, 5.74) is 8.16. The van der Waals surface area contributed by atoms with E-state index in [1.54, 1.807) is 30.6 Å². The van der Waals surface area contributed by atoms with Crippen LogP contribution in [0.5, 0.6) is 17.2 Å². The Kier molecular flexibility index (Phi) is 5.40. The third-order valence-corrected chi connectivity index (χ3v) is 6.36. The van der Waals surface area contributed by atoms with Crippen molar-refractivity contribution in [3.05, 3.63) is 34.2 Å². The Hall–Kier alpha value is -3.04. The van der Waals surface area contributed by atoms with E-state index >= 15 is 0 Å². The van der Waals surface area contributed by atoms with Gasteiger partial charge in [-0.15, -0.1) is 11.3 Å². The topological polar surface area (TPSA) is 98.9 Å². The van der Waals surface area contributed by atoms with E-state index in [2.05, 4.69) is 22.2 Å². The summed E-state index contributed by atoms with van der Waals surface area (Å²) < 4.78 is 16.1. The second-order valence-corrected chi connectivity index (χ2v) is 8.21. The molecule has 0 unspecified atom stereocenters. The zero-order valence-electron chi connectivity index (χ0n) is 17.4. The van der Waals surface area contributed by atoms with Crippen LogP contribution >= 0.6 is 11.3 Å². The summed E-state index contributed by atoms with van der Waals surface area (Å²) in [7, 11) is 6.68. The van der Waals surface area contributed by atoms with Crippen molar-refractivity contribution in [1.82, 2.24) is 9.88 Å². The molecule has 0 atom stereocenters. The van der Waals surface area contributed by atoms with Gasteiger partial charge in [-0.3, -0.25) is 4.79 Å². The molecule has 0 radical (unpaired) electrons. The highest BCUT2D eigenvalue weighted by molar-refractivity contribution is 7.18. The SMILES string of the molecule is COc1cc(NC(=O)c2cc3c4c(sc3nc2N)CN(C)CC4)c(OC)c(OC)c1. The van der Waals surface area contributed by atoms with Gasteiger partial charge in [-0.2, -0.15) is 0 Å². The molecule has 0 spiro atoms. The number of benzene rings is 1. The van der Waals surface area contributed by atoms with Crippen molar-refractivity contribution >= 4 is 39.0 Å². The number of ether oxygens (including phenoxy) is 3. The number of carbonyl (C=O) groups excluding carboxylic acids is 1. The Balaban J connectivity index is 1.73. The van der Waals surface area contributed by atoms with E-state index in [4.69, 9.17) is 19.9 Å². The number of amides is 1. The van der Waals surface area contributed by atoms with Crippen molar-refractivity contribution in [2.45, 2.75) is 13.0 Å². The third kappa shape index (κ3) is 3.50. The number of pyridine rings is 1. The van der Waals surface area contributed by atoms with Gasteiger partial charge >= 0.3 is 0 Å². The highest BCUT2D eigenvalue weighted by atomic mass is 32.1. The van der Waals surface area contributed by atoms with Gasteiger partial charge in [-0.1, -0.05) is 0 Å². The first kappa shape index (κ1) is 20.2. The first-order valence-corrected chi connectivity index (χ1v) is 10.3. The van der Waals surface area contributed by atoms with Crippen LogP contribution in [0.15, 0.2) is 18.2 Å². The molecule has 3 heterocycles. The lowest BCUT2D eigenvalue weighted by atomic mass is 10.0. The zero-order valence-corrected chi connectivity index (χ0v) is 18.2. The molecule has 0 aliphatic carbocycles. The van der Waals surface area contributed by atoms with Gasteiger partial charge < -0.3 is 30.2 Å². The van der Waals surface area contributed by atoms with E-state index in [0.29, 0.717) is 28.5 Å². The number of rotatable bonds is 5. The van der Waals surface area contributed by atoms with E-state index in [9.17, 15) is 4.79 Å². The maximum absolute atomic E-state index is 13.1. The quantitative estimate of drug-likeness (QED) is 0.644. The van der Waals surface area contributed by atoms with E-state index in [-0.39, 0.29) is 11.7 Å². The van der Waals surface area contributed by atoms with Crippen LogP contribution in [0, 0.1) is 0 Å². The van der Waals surface area contributed by atoms with Crippen molar-refractivity contribution < 1.29 is 19.0 Å². The summed E-state index contributed by atoms with van der Waals surface area (Å²) in [6.07, 6.45) is 0.930. The highest BCUT2D eigenvalue weighted by Gasteiger charge is 2.23. The van der Waals surface area contributed by atoms with Crippen molar-refractivity contribution in [3.63, 3.8) is 0 Å². The molecule has 9 heteroatoms. The van der Waals surface area contributed by atoms with Crippen LogP contribution in [0.1, 0.15) is 20.8 Å². The van der Waals surface area contributed by atoms with E-state index in [1.165, 1.54) is 24.7 Å². The largest absolute Gasteiger partial charge is 0.497 e. The number of anilines is 2. The Bertz CT molecular complexity index is 1130. The molecule has 1 amide bonds. The number of aromatic nitrogens is 1. The second-order valence-electron chi connectivity index (χ2n) is 7.13. The number of nitrogen functional groups attached to an aromatic ring is 1. The average molecular weight is 429 g/mol. The van der Waals surface area contributed by atoms with E-state index in [0.717, 1.165) is 29.7 Å². The molecule has 158 valence electrons. The first-order chi connectivity index (χ1) is 14.4. The molecule has 1 aliphatic heterocycles. The molecule has 0 saturated carbocycles. The number of hydrogen-bond acceptors (Lipinski definition) is 8. The van der Waals surface area contributed by atoms with Gasteiger partial charge in [0.05, 0.1) is 32.6 Å². The summed E-state index contributed by atoms with van der Waals surface area (Å²) in [6.45, 7) is 1.87. The molecule has 3 aromatic rings. The smallest absolute Gasteiger partial charge is 0.259 e. The summed E-state index contributed by atoms with van der Waals surface area (Å²) in [6, 6.07) is 5.20. The monoisotopic (exact) mass is 428 g/mol. The van der Waals surface area contributed by atoms with Crippen LogP contribution in [-0.4, -0.2) is 50.7 Å². The van der Waals surface area contributed by atoms with Crippen molar-refractivity contribution in [2.75, 3.05) is 46.0 Å². The van der Waals surface area contributed by atoms with Crippen LogP contribution in [0.4, 0.5) is 11.5 Å². The van der Waals surface area contributed by atoms with Crippen molar-refractivity contribution in [1.29, 1.82) is 0 Å². The molecule has 0 bridgehead atoms. The number of fused-ring (bicyclic) bond motifs is 3. The number of carbonyl (C=O) groups is 1. The molecule has 4 rings (SSSR count). The molecule has 0 fully saturated rings. The fourth-order valence-electron chi connectivity index (χ4n) is 3.68. The molecular weight excluding hydrogens is 404 g/mol. The Morgan fingerprint density at radius 3 is 2.70 bits per heavy atom. The summed E-state index contributed by atoms with van der Waals surface area (Å²) >= 11 is 1.64. The molecule has 30 heavy (non-hydrogen) atoms. The Morgan fingerprint density at radius 1 is 1.20 bits per heavy atom. The molecule has 0 saturated heterocycles. The van der Waals surface area contributed by atoms with Crippen molar-refractivity contribution in [3.8, 4) is 17.2 Å². The second kappa shape index (κ2) is 8.00. The lowest BCUT2D eigenvalue weighted by Gasteiger charge is -2.22. The molecule has 1 aromatic carbocycles. The van der Waals surface area contributed by atoms with Gasteiger partial charge in [-0.25, -0.2) is 4.98 Å². The fourth-order valence-corrected chi connectivity index (χ4v) is 4.97. The van der Waals surface area contributed by atoms with Gasteiger partial charge in [0, 0.05) is 35.5 Å². The number of methoxy groups -OCH3 is 3. The van der Waals surface area contributed by atoms with E-state index in [1.807, 2.05) is 6.07 Å². The zero-order chi connectivity index (χ0) is 21.4. The minimum Gasteiger partial charge on any atom is -0.497 e. The van der Waals surface area contributed by atoms with Crippen LogP contribution in [0.25, 0.3) is 10.2 Å².